The number of benzene rings is 2. The van der Waals surface area contributed by atoms with E-state index in [4.69, 9.17) is 9.47 Å². The molecule has 1 amide bonds. The van der Waals surface area contributed by atoms with Crippen molar-refractivity contribution in [1.82, 2.24) is 14.9 Å². The lowest BCUT2D eigenvalue weighted by Gasteiger charge is -2.38. The Labute approximate surface area is 180 Å². The molecule has 2 aliphatic rings. The van der Waals surface area contributed by atoms with Gasteiger partial charge in [0.1, 0.15) is 18.2 Å². The van der Waals surface area contributed by atoms with E-state index in [1.54, 1.807) is 18.3 Å². The highest BCUT2D eigenvalue weighted by Crippen LogP contribution is 2.41. The molecule has 2 heterocycles. The van der Waals surface area contributed by atoms with Crippen LogP contribution in [0.4, 0.5) is 11.5 Å². The molecule has 0 atom stereocenters. The highest BCUT2D eigenvalue weighted by atomic mass is 16.5. The largest absolute Gasteiger partial charge is 0.493 e. The zero-order valence-electron chi connectivity index (χ0n) is 17.4. The van der Waals surface area contributed by atoms with Crippen LogP contribution in [0.3, 0.4) is 0 Å². The predicted octanol–water partition coefficient (Wildman–Crippen LogP) is 4.04. The third-order valence-electron chi connectivity index (χ3n) is 5.75. The summed E-state index contributed by atoms with van der Waals surface area (Å²) < 4.78 is 11.7. The van der Waals surface area contributed by atoms with Gasteiger partial charge in [0.05, 0.1) is 25.7 Å². The number of hydrogen-bond acceptors (Lipinski definition) is 6. The van der Waals surface area contributed by atoms with Crippen LogP contribution in [-0.4, -0.2) is 47.1 Å². The van der Waals surface area contributed by atoms with Crippen molar-refractivity contribution >= 4 is 28.3 Å². The molecular formula is C24H24N4O3. The lowest BCUT2D eigenvalue weighted by molar-refractivity contribution is -0.134. The number of likely N-dealkylation sites (tertiary alicyclic amines) is 1. The van der Waals surface area contributed by atoms with E-state index in [0.29, 0.717) is 36.3 Å². The topological polar surface area (TPSA) is 76.6 Å². The zero-order chi connectivity index (χ0) is 21.4. The number of hydrogen-bond donors (Lipinski definition) is 1. The molecule has 158 valence electrons. The highest BCUT2D eigenvalue weighted by Gasteiger charge is 2.31. The van der Waals surface area contributed by atoms with E-state index in [2.05, 4.69) is 40.1 Å². The molecule has 1 N–H and O–H groups in total. The molecule has 1 saturated carbocycles. The van der Waals surface area contributed by atoms with Gasteiger partial charge >= 0.3 is 0 Å². The lowest BCUT2D eigenvalue weighted by atomic mass is 10.1. The van der Waals surface area contributed by atoms with Gasteiger partial charge < -0.3 is 19.7 Å². The van der Waals surface area contributed by atoms with Gasteiger partial charge in [-0.1, -0.05) is 18.7 Å². The van der Waals surface area contributed by atoms with Gasteiger partial charge in [0.25, 0.3) is 0 Å². The minimum atomic E-state index is -0.0912. The first-order chi connectivity index (χ1) is 15.1. The second kappa shape index (κ2) is 7.91. The van der Waals surface area contributed by atoms with E-state index in [9.17, 15) is 4.79 Å². The summed E-state index contributed by atoms with van der Waals surface area (Å²) in [5.41, 5.74) is 3.12. The van der Waals surface area contributed by atoms with Crippen LogP contribution in [0, 0.1) is 0 Å². The van der Waals surface area contributed by atoms with E-state index in [1.807, 2.05) is 18.2 Å². The van der Waals surface area contributed by atoms with Crippen molar-refractivity contribution in [1.29, 1.82) is 0 Å². The van der Waals surface area contributed by atoms with Gasteiger partial charge in [-0.05, 0) is 48.6 Å². The third kappa shape index (κ3) is 3.91. The van der Waals surface area contributed by atoms with Crippen LogP contribution in [-0.2, 0) is 4.79 Å². The zero-order valence-corrected chi connectivity index (χ0v) is 17.4. The van der Waals surface area contributed by atoms with Crippen molar-refractivity contribution in [2.75, 3.05) is 25.5 Å². The van der Waals surface area contributed by atoms with E-state index in [0.717, 1.165) is 16.6 Å². The molecule has 0 spiro atoms. The number of anilines is 2. The van der Waals surface area contributed by atoms with Crippen molar-refractivity contribution in [2.24, 2.45) is 0 Å². The van der Waals surface area contributed by atoms with Crippen LogP contribution in [0.15, 0.2) is 55.4 Å². The van der Waals surface area contributed by atoms with Gasteiger partial charge in [-0.2, -0.15) is 0 Å². The van der Waals surface area contributed by atoms with Crippen LogP contribution in [0.2, 0.25) is 0 Å². The van der Waals surface area contributed by atoms with Crippen LogP contribution < -0.4 is 14.8 Å². The smallest absolute Gasteiger partial charge is 0.246 e. The third-order valence-corrected chi connectivity index (χ3v) is 5.75. The minimum Gasteiger partial charge on any atom is -0.493 e. The number of methoxy groups -OCH3 is 1. The molecule has 1 aliphatic heterocycles. The Balaban J connectivity index is 1.42. The van der Waals surface area contributed by atoms with Crippen molar-refractivity contribution in [3.05, 3.63) is 60.9 Å². The van der Waals surface area contributed by atoms with Gasteiger partial charge in [-0.25, -0.2) is 9.97 Å². The molecular weight excluding hydrogens is 392 g/mol. The van der Waals surface area contributed by atoms with Gasteiger partial charge in [0.15, 0.2) is 11.5 Å². The van der Waals surface area contributed by atoms with Crippen LogP contribution in [0.25, 0.3) is 10.9 Å². The first-order valence-electron chi connectivity index (χ1n) is 10.4. The van der Waals surface area contributed by atoms with Crippen molar-refractivity contribution in [3.63, 3.8) is 0 Å². The fourth-order valence-corrected chi connectivity index (χ4v) is 3.84. The van der Waals surface area contributed by atoms with Crippen LogP contribution in [0.1, 0.15) is 24.3 Å². The molecule has 1 aliphatic carbocycles. The van der Waals surface area contributed by atoms with Gasteiger partial charge in [0, 0.05) is 17.1 Å². The Bertz CT molecular complexity index is 1150. The maximum atomic E-state index is 11.7. The summed E-state index contributed by atoms with van der Waals surface area (Å²) in [7, 11) is 1.60. The van der Waals surface area contributed by atoms with Crippen molar-refractivity contribution in [2.45, 2.75) is 24.9 Å². The molecule has 1 saturated heterocycles. The number of carbonyl (C=O) groups is 1. The molecule has 3 aromatic rings. The van der Waals surface area contributed by atoms with Gasteiger partial charge in [0.2, 0.25) is 5.91 Å². The van der Waals surface area contributed by atoms with Crippen molar-refractivity contribution < 1.29 is 14.3 Å². The summed E-state index contributed by atoms with van der Waals surface area (Å²) in [5, 5.41) is 4.28. The Kier molecular flexibility index (Phi) is 4.94. The molecule has 2 aromatic carbocycles. The fourth-order valence-electron chi connectivity index (χ4n) is 3.84. The maximum Gasteiger partial charge on any atom is 0.246 e. The van der Waals surface area contributed by atoms with Crippen LogP contribution >= 0.6 is 0 Å². The molecule has 7 nitrogen and oxygen atoms in total. The number of rotatable bonds is 7. The van der Waals surface area contributed by atoms with E-state index in [1.165, 1.54) is 24.5 Å². The summed E-state index contributed by atoms with van der Waals surface area (Å²) in [6, 6.07) is 12.2. The summed E-state index contributed by atoms with van der Waals surface area (Å²) >= 11 is 0. The van der Waals surface area contributed by atoms with Gasteiger partial charge in [-0.15, -0.1) is 0 Å². The van der Waals surface area contributed by atoms with E-state index >= 15 is 0 Å². The van der Waals surface area contributed by atoms with E-state index < -0.39 is 0 Å². The molecule has 7 heteroatoms. The Morgan fingerprint density at radius 2 is 2.03 bits per heavy atom. The average molecular weight is 416 g/mol. The average Bonchev–Trinajstić information content (AvgIpc) is 3.61. The summed E-state index contributed by atoms with van der Waals surface area (Å²) in [5.74, 6) is 2.51. The molecule has 5 rings (SSSR count). The number of ether oxygens (including phenoxy) is 2. The SMILES string of the molecule is C=CC(=O)N1CC(Oc2cc3c(Nc4cccc(C5CC5)c4)ncnc3cc2OC)C1. The second-order valence-corrected chi connectivity index (χ2v) is 7.95. The Hall–Kier alpha value is -3.61. The van der Waals surface area contributed by atoms with Crippen molar-refractivity contribution in [3.8, 4) is 11.5 Å². The number of nitrogens with one attached hydrogen (secondary N) is 1. The fraction of sp³-hybridized carbons (Fsp3) is 0.292. The van der Waals surface area contributed by atoms with E-state index in [-0.39, 0.29) is 12.0 Å². The number of amides is 1. The molecule has 2 fully saturated rings. The second-order valence-electron chi connectivity index (χ2n) is 7.95. The predicted molar refractivity (Wildman–Crippen MR) is 119 cm³/mol. The highest BCUT2D eigenvalue weighted by molar-refractivity contribution is 5.93. The Morgan fingerprint density at radius 1 is 1.19 bits per heavy atom. The quantitative estimate of drug-likeness (QED) is 0.586. The summed E-state index contributed by atoms with van der Waals surface area (Å²) in [4.78, 5) is 22.2. The number of carbonyl (C=O) groups excluding carboxylic acids is 1. The molecule has 1 aromatic heterocycles. The first-order valence-corrected chi connectivity index (χ1v) is 10.4. The van der Waals surface area contributed by atoms with Gasteiger partial charge in [-0.3, -0.25) is 4.79 Å². The van der Waals surface area contributed by atoms with Crippen LogP contribution in [0.5, 0.6) is 11.5 Å². The molecule has 0 radical (unpaired) electrons. The lowest BCUT2D eigenvalue weighted by Crippen LogP contribution is -2.55. The first kappa shape index (κ1) is 19.4. The number of aromatic nitrogens is 2. The monoisotopic (exact) mass is 416 g/mol. The normalized spacial score (nSPS) is 16.0. The molecule has 0 bridgehead atoms. The Morgan fingerprint density at radius 3 is 2.77 bits per heavy atom. The minimum absolute atomic E-state index is 0.0846. The number of nitrogens with zero attached hydrogens (tertiary/aromatic N) is 3. The molecule has 31 heavy (non-hydrogen) atoms. The molecule has 0 unspecified atom stereocenters. The summed E-state index contributed by atoms with van der Waals surface area (Å²) in [6.07, 6.45) is 5.29. The standard InChI is InChI=1S/C24H24N4O3/c1-3-23(29)28-12-18(13-28)31-22-10-19-20(11-21(22)30-2)25-14-26-24(19)27-17-6-4-5-16(9-17)15-7-8-15/h3-6,9-11,14-15,18H,1,7-8,12-13H2,2H3,(H,25,26,27). The maximum absolute atomic E-state index is 11.7. The summed E-state index contributed by atoms with van der Waals surface area (Å²) in [6.45, 7) is 4.57. The number of fused-ring (bicyclic) bond motifs is 1.